The Balaban J connectivity index is 2.08. The van der Waals surface area contributed by atoms with Crippen molar-refractivity contribution in [3.05, 3.63) is 70.9 Å². The Morgan fingerprint density at radius 2 is 1.85 bits per heavy atom. The summed E-state index contributed by atoms with van der Waals surface area (Å²) in [6.07, 6.45) is 0. The van der Waals surface area contributed by atoms with Crippen molar-refractivity contribution >= 4 is 25.8 Å². The molecule has 0 fully saturated rings. The van der Waals surface area contributed by atoms with Crippen molar-refractivity contribution in [1.29, 1.82) is 0 Å². The Labute approximate surface area is 160 Å². The number of rotatable bonds is 5. The second-order valence-corrected chi connectivity index (χ2v) is 8.54. The molecule has 7 heteroatoms. The molecule has 1 heterocycles. The van der Waals surface area contributed by atoms with E-state index in [4.69, 9.17) is 4.52 Å². The van der Waals surface area contributed by atoms with Gasteiger partial charge in [-0.2, -0.15) is 0 Å². The fourth-order valence-electron chi connectivity index (χ4n) is 2.67. The minimum Gasteiger partial charge on any atom is -0.360 e. The van der Waals surface area contributed by atoms with E-state index in [-0.39, 0.29) is 16.2 Å². The number of hydrogen-bond acceptors (Lipinski definition) is 4. The molecule has 0 aliphatic carbocycles. The second-order valence-electron chi connectivity index (χ2n) is 6.02. The summed E-state index contributed by atoms with van der Waals surface area (Å²) in [6.45, 7) is 3.52. The summed E-state index contributed by atoms with van der Waals surface area (Å²) in [5.74, 6) is -0.485. The molecule has 0 unspecified atom stereocenters. The highest BCUT2D eigenvalue weighted by molar-refractivity contribution is 9.08. The molecule has 0 bridgehead atoms. The van der Waals surface area contributed by atoms with Crippen molar-refractivity contribution in [1.82, 2.24) is 5.16 Å². The number of hydrogen-bond donors (Lipinski definition) is 0. The van der Waals surface area contributed by atoms with Crippen LogP contribution in [0.1, 0.15) is 22.6 Å². The van der Waals surface area contributed by atoms with Gasteiger partial charge in [0.15, 0.2) is 15.6 Å². The van der Waals surface area contributed by atoms with E-state index >= 15 is 0 Å². The third kappa shape index (κ3) is 3.59. The molecule has 2 aromatic carbocycles. The number of alkyl halides is 1. The number of nitrogens with zero attached hydrogens (tertiary/aromatic N) is 1. The van der Waals surface area contributed by atoms with Crippen molar-refractivity contribution in [2.45, 2.75) is 29.8 Å². The molecule has 0 atom stereocenters. The Bertz CT molecular complexity index is 1060. The molecule has 4 nitrogen and oxygen atoms in total. The van der Waals surface area contributed by atoms with Crippen LogP contribution in [0, 0.1) is 19.7 Å². The molecule has 136 valence electrons. The van der Waals surface area contributed by atoms with Crippen molar-refractivity contribution in [3.8, 4) is 11.1 Å². The predicted molar refractivity (Wildman–Crippen MR) is 101 cm³/mol. The lowest BCUT2D eigenvalue weighted by Crippen LogP contribution is -2.07. The normalized spacial score (nSPS) is 11.7. The van der Waals surface area contributed by atoms with E-state index in [0.717, 1.165) is 5.56 Å². The van der Waals surface area contributed by atoms with Gasteiger partial charge in [-0.05, 0) is 31.5 Å². The molecular weight excluding hydrogens is 421 g/mol. The summed E-state index contributed by atoms with van der Waals surface area (Å²) in [5, 5.41) is 4.33. The number of sulfone groups is 1. The number of halogens is 2. The molecular formula is C19H17BrFNO3S. The third-order valence-corrected chi connectivity index (χ3v) is 6.59. The first-order chi connectivity index (χ1) is 12.3. The fraction of sp³-hybridized carbons (Fsp3) is 0.211. The summed E-state index contributed by atoms with van der Waals surface area (Å²) < 4.78 is 45.6. The van der Waals surface area contributed by atoms with E-state index < -0.39 is 15.7 Å². The van der Waals surface area contributed by atoms with Crippen molar-refractivity contribution < 1.29 is 17.3 Å². The molecule has 3 rings (SSSR count). The smallest absolute Gasteiger partial charge is 0.186 e. The number of aromatic nitrogens is 1. The van der Waals surface area contributed by atoms with Gasteiger partial charge < -0.3 is 4.52 Å². The van der Waals surface area contributed by atoms with E-state index in [1.165, 1.54) is 12.1 Å². The molecule has 0 saturated heterocycles. The van der Waals surface area contributed by atoms with Gasteiger partial charge in [-0.1, -0.05) is 51.4 Å². The van der Waals surface area contributed by atoms with Crippen molar-refractivity contribution in [3.63, 3.8) is 0 Å². The van der Waals surface area contributed by atoms with Crippen LogP contribution in [0.4, 0.5) is 4.39 Å². The van der Waals surface area contributed by atoms with E-state index in [9.17, 15) is 12.8 Å². The zero-order valence-corrected chi connectivity index (χ0v) is 16.7. The number of aryl methyl sites for hydroxylation is 1. The van der Waals surface area contributed by atoms with Gasteiger partial charge in [0.25, 0.3) is 0 Å². The van der Waals surface area contributed by atoms with Gasteiger partial charge in [0, 0.05) is 22.0 Å². The predicted octanol–water partition coefficient (Wildman–Crippen LogP) is 4.97. The van der Waals surface area contributed by atoms with Crippen LogP contribution in [0.5, 0.6) is 0 Å². The van der Waals surface area contributed by atoms with Gasteiger partial charge in [0.05, 0.1) is 10.6 Å². The highest BCUT2D eigenvalue weighted by Crippen LogP contribution is 2.32. The first kappa shape index (κ1) is 18.8. The highest BCUT2D eigenvalue weighted by atomic mass is 79.9. The van der Waals surface area contributed by atoms with E-state index in [2.05, 4.69) is 21.1 Å². The largest absolute Gasteiger partial charge is 0.360 e. The Kier molecular flexibility index (Phi) is 5.29. The lowest BCUT2D eigenvalue weighted by molar-refractivity contribution is 0.388. The van der Waals surface area contributed by atoms with Crippen LogP contribution in [0.3, 0.4) is 0 Å². The molecule has 0 radical (unpaired) electrons. The molecule has 1 aromatic heterocycles. The first-order valence-electron chi connectivity index (χ1n) is 7.92. The molecule has 0 aliphatic heterocycles. The van der Waals surface area contributed by atoms with Gasteiger partial charge in [-0.3, -0.25) is 0 Å². The maximum atomic E-state index is 14.5. The standard InChI is InChI=1S/C19H17BrFNO3S/c1-12-13(2)22-25-18(12)11-26(23,24)19-6-4-3-5-16(19)15-8-7-14(10-20)9-17(15)21/h3-9H,10-11H2,1-2H3. The summed E-state index contributed by atoms with van der Waals surface area (Å²) in [7, 11) is -3.74. The van der Waals surface area contributed by atoms with E-state index in [1.807, 2.05) is 0 Å². The minimum atomic E-state index is -3.74. The number of benzene rings is 2. The fourth-order valence-corrected chi connectivity index (χ4v) is 4.59. The summed E-state index contributed by atoms with van der Waals surface area (Å²) in [4.78, 5) is 0.0685. The molecule has 3 aromatic rings. The zero-order chi connectivity index (χ0) is 18.9. The quantitative estimate of drug-likeness (QED) is 0.528. The van der Waals surface area contributed by atoms with Gasteiger partial charge in [0.1, 0.15) is 11.6 Å². The summed E-state index contributed by atoms with van der Waals surface area (Å²) in [5.41, 5.74) is 2.72. The average molecular weight is 438 g/mol. The summed E-state index contributed by atoms with van der Waals surface area (Å²) >= 11 is 3.29. The maximum absolute atomic E-state index is 14.5. The second kappa shape index (κ2) is 7.32. The molecule has 0 saturated carbocycles. The van der Waals surface area contributed by atoms with Crippen LogP contribution in [0.15, 0.2) is 51.9 Å². The topological polar surface area (TPSA) is 60.2 Å². The monoisotopic (exact) mass is 437 g/mol. The third-order valence-electron chi connectivity index (χ3n) is 4.27. The van der Waals surface area contributed by atoms with Gasteiger partial charge in [-0.25, -0.2) is 12.8 Å². The van der Waals surface area contributed by atoms with Gasteiger partial charge in [0.2, 0.25) is 0 Å². The Morgan fingerprint density at radius 3 is 2.46 bits per heavy atom. The van der Waals surface area contributed by atoms with Crippen LogP contribution in [-0.4, -0.2) is 13.6 Å². The SMILES string of the molecule is Cc1noc(CS(=O)(=O)c2ccccc2-c2ccc(CBr)cc2F)c1C. The summed E-state index contributed by atoms with van der Waals surface area (Å²) in [6, 6.07) is 11.2. The van der Waals surface area contributed by atoms with Crippen LogP contribution in [0.2, 0.25) is 0 Å². The van der Waals surface area contributed by atoms with Crippen LogP contribution in [0.25, 0.3) is 11.1 Å². The van der Waals surface area contributed by atoms with Crippen molar-refractivity contribution in [2.75, 3.05) is 0 Å². The van der Waals surface area contributed by atoms with Gasteiger partial charge >= 0.3 is 0 Å². The lowest BCUT2D eigenvalue weighted by Gasteiger charge is -2.11. The van der Waals surface area contributed by atoms with E-state index in [0.29, 0.717) is 27.9 Å². The Morgan fingerprint density at radius 1 is 1.12 bits per heavy atom. The molecule has 0 spiro atoms. The van der Waals surface area contributed by atoms with E-state index in [1.54, 1.807) is 44.2 Å². The maximum Gasteiger partial charge on any atom is 0.186 e. The first-order valence-corrected chi connectivity index (χ1v) is 10.7. The highest BCUT2D eigenvalue weighted by Gasteiger charge is 2.24. The molecule has 0 aliphatic rings. The molecule has 0 amide bonds. The minimum absolute atomic E-state index is 0.0685. The average Bonchev–Trinajstić information content (AvgIpc) is 2.93. The van der Waals surface area contributed by atoms with Crippen LogP contribution < -0.4 is 0 Å². The van der Waals surface area contributed by atoms with Crippen LogP contribution in [-0.2, 0) is 20.9 Å². The van der Waals surface area contributed by atoms with Crippen LogP contribution >= 0.6 is 15.9 Å². The van der Waals surface area contributed by atoms with Gasteiger partial charge in [-0.15, -0.1) is 0 Å². The molecule has 0 N–H and O–H groups in total. The lowest BCUT2D eigenvalue weighted by atomic mass is 10.0. The zero-order valence-electron chi connectivity index (χ0n) is 14.3. The Hall–Kier alpha value is -1.99. The van der Waals surface area contributed by atoms with Crippen molar-refractivity contribution in [2.24, 2.45) is 0 Å². The molecule has 26 heavy (non-hydrogen) atoms.